The van der Waals surface area contributed by atoms with Gasteiger partial charge in [-0.2, -0.15) is 4.31 Å². The quantitative estimate of drug-likeness (QED) is 0.837. The van der Waals surface area contributed by atoms with Crippen molar-refractivity contribution < 1.29 is 17.9 Å². The highest BCUT2D eigenvalue weighted by Crippen LogP contribution is 2.36. The predicted octanol–water partition coefficient (Wildman–Crippen LogP) is 2.88. The standard InChI is InChI=1S/C18H25NO4S/c1-3-14-12-23-18(16-6-4-5-7-17(16)20)19(14)24(21,22)15-10-8-13(2)9-11-15/h8-11,14,16,18H,3-7,12H2,1-2H3/t14-,16+,18-/m1/s1. The van der Waals surface area contributed by atoms with Crippen LogP contribution < -0.4 is 0 Å². The zero-order valence-corrected chi connectivity index (χ0v) is 15.1. The molecule has 5 nitrogen and oxygen atoms in total. The lowest BCUT2D eigenvalue weighted by molar-refractivity contribution is -0.131. The summed E-state index contributed by atoms with van der Waals surface area (Å²) in [5.41, 5.74) is 1.01. The molecule has 132 valence electrons. The smallest absolute Gasteiger partial charge is 0.245 e. The van der Waals surface area contributed by atoms with Gasteiger partial charge in [-0.15, -0.1) is 0 Å². The van der Waals surface area contributed by atoms with Crippen LogP contribution in [0.15, 0.2) is 29.2 Å². The van der Waals surface area contributed by atoms with E-state index in [1.54, 1.807) is 24.3 Å². The van der Waals surface area contributed by atoms with E-state index in [0.29, 0.717) is 25.9 Å². The maximum Gasteiger partial charge on any atom is 0.245 e. The van der Waals surface area contributed by atoms with Gasteiger partial charge >= 0.3 is 0 Å². The van der Waals surface area contributed by atoms with Gasteiger partial charge in [-0.3, -0.25) is 4.79 Å². The highest BCUT2D eigenvalue weighted by Gasteiger charge is 2.48. The van der Waals surface area contributed by atoms with Crippen molar-refractivity contribution in [2.24, 2.45) is 5.92 Å². The van der Waals surface area contributed by atoms with E-state index in [2.05, 4.69) is 0 Å². The zero-order chi connectivity index (χ0) is 17.3. The van der Waals surface area contributed by atoms with Crippen LogP contribution in [-0.2, 0) is 19.6 Å². The first kappa shape index (κ1) is 17.6. The molecule has 24 heavy (non-hydrogen) atoms. The van der Waals surface area contributed by atoms with Crippen molar-refractivity contribution in [3.05, 3.63) is 29.8 Å². The molecule has 3 atom stereocenters. The fourth-order valence-electron chi connectivity index (χ4n) is 3.63. The van der Waals surface area contributed by atoms with Gasteiger partial charge in [-0.25, -0.2) is 8.42 Å². The molecule has 1 heterocycles. The van der Waals surface area contributed by atoms with Crippen LogP contribution in [0.4, 0.5) is 0 Å². The zero-order valence-electron chi connectivity index (χ0n) is 14.3. The Bertz CT molecular complexity index is 698. The SMILES string of the molecule is CC[C@@H]1CO[C@H]([C@H]2CCCCC2=O)N1S(=O)(=O)c1ccc(C)cc1. The molecule has 6 heteroatoms. The molecule has 1 aliphatic carbocycles. The molecule has 0 unspecified atom stereocenters. The van der Waals surface area contributed by atoms with Crippen LogP contribution in [0.5, 0.6) is 0 Å². The number of benzene rings is 1. The average molecular weight is 351 g/mol. The second kappa shape index (κ2) is 6.94. The third-order valence-corrected chi connectivity index (χ3v) is 7.01. The summed E-state index contributed by atoms with van der Waals surface area (Å²) in [4.78, 5) is 12.6. The number of rotatable bonds is 4. The minimum absolute atomic E-state index is 0.132. The van der Waals surface area contributed by atoms with E-state index in [1.165, 1.54) is 4.31 Å². The number of carbonyl (C=O) groups excluding carboxylic acids is 1. The number of hydrogen-bond donors (Lipinski definition) is 0. The lowest BCUT2D eigenvalue weighted by atomic mass is 9.86. The molecule has 0 radical (unpaired) electrons. The lowest BCUT2D eigenvalue weighted by Crippen LogP contribution is -2.47. The van der Waals surface area contributed by atoms with Crippen LogP contribution in [0.3, 0.4) is 0 Å². The third kappa shape index (κ3) is 3.15. The Morgan fingerprint density at radius 3 is 2.54 bits per heavy atom. The first-order chi connectivity index (χ1) is 11.4. The Labute approximate surface area is 144 Å². The predicted molar refractivity (Wildman–Crippen MR) is 91.0 cm³/mol. The molecule has 2 fully saturated rings. The van der Waals surface area contributed by atoms with Gasteiger partial charge in [-0.1, -0.05) is 31.0 Å². The Balaban J connectivity index is 1.96. The molecular formula is C18H25NO4S. The van der Waals surface area contributed by atoms with Crippen molar-refractivity contribution in [1.29, 1.82) is 0 Å². The minimum atomic E-state index is -3.68. The van der Waals surface area contributed by atoms with Gasteiger partial charge in [-0.05, 0) is 38.3 Å². The summed E-state index contributed by atoms with van der Waals surface area (Å²) in [5, 5.41) is 0. The summed E-state index contributed by atoms with van der Waals surface area (Å²) in [6.45, 7) is 4.24. The number of hydrogen-bond acceptors (Lipinski definition) is 4. The number of nitrogens with zero attached hydrogens (tertiary/aromatic N) is 1. The van der Waals surface area contributed by atoms with Crippen LogP contribution in [0.2, 0.25) is 0 Å². The van der Waals surface area contributed by atoms with Gasteiger partial charge in [0.05, 0.1) is 23.5 Å². The maximum atomic E-state index is 13.2. The number of aryl methyl sites for hydroxylation is 1. The molecule has 1 saturated heterocycles. The van der Waals surface area contributed by atoms with Crippen LogP contribution in [0, 0.1) is 12.8 Å². The number of ketones is 1. The largest absolute Gasteiger partial charge is 0.360 e. The van der Waals surface area contributed by atoms with Crippen LogP contribution in [0.1, 0.15) is 44.6 Å². The summed E-state index contributed by atoms with van der Waals surface area (Å²) in [6.07, 6.45) is 3.09. The molecule has 0 bridgehead atoms. The van der Waals surface area contributed by atoms with E-state index in [1.807, 2.05) is 13.8 Å². The van der Waals surface area contributed by atoms with Crippen LogP contribution in [0.25, 0.3) is 0 Å². The summed E-state index contributed by atoms with van der Waals surface area (Å²) in [7, 11) is -3.68. The van der Waals surface area contributed by atoms with Crippen molar-refractivity contribution in [2.45, 2.75) is 63.1 Å². The van der Waals surface area contributed by atoms with Crippen molar-refractivity contribution >= 4 is 15.8 Å². The van der Waals surface area contributed by atoms with E-state index in [0.717, 1.165) is 18.4 Å². The van der Waals surface area contributed by atoms with Crippen molar-refractivity contribution in [1.82, 2.24) is 4.31 Å². The number of sulfonamides is 1. The first-order valence-corrected chi connectivity index (χ1v) is 10.1. The van der Waals surface area contributed by atoms with Gasteiger partial charge in [0.2, 0.25) is 10.0 Å². The Kier molecular flexibility index (Phi) is 5.08. The summed E-state index contributed by atoms with van der Waals surface area (Å²) < 4.78 is 33.7. The maximum absolute atomic E-state index is 13.2. The summed E-state index contributed by atoms with van der Waals surface area (Å²) in [6, 6.07) is 6.65. The van der Waals surface area contributed by atoms with Crippen molar-refractivity contribution in [2.75, 3.05) is 6.61 Å². The van der Waals surface area contributed by atoms with E-state index >= 15 is 0 Å². The minimum Gasteiger partial charge on any atom is -0.360 e. The molecule has 3 rings (SSSR count). The van der Waals surface area contributed by atoms with Gasteiger partial charge in [0.25, 0.3) is 0 Å². The highest BCUT2D eigenvalue weighted by molar-refractivity contribution is 7.89. The second-order valence-electron chi connectivity index (χ2n) is 6.75. The van der Waals surface area contributed by atoms with Gasteiger partial charge in [0.1, 0.15) is 12.0 Å². The Morgan fingerprint density at radius 2 is 1.92 bits per heavy atom. The highest BCUT2D eigenvalue weighted by atomic mass is 32.2. The topological polar surface area (TPSA) is 63.7 Å². The molecule has 1 aliphatic heterocycles. The molecule has 1 saturated carbocycles. The van der Waals surface area contributed by atoms with Crippen LogP contribution in [-0.4, -0.2) is 37.4 Å². The van der Waals surface area contributed by atoms with Crippen molar-refractivity contribution in [3.8, 4) is 0 Å². The molecule has 1 aromatic carbocycles. The van der Waals surface area contributed by atoms with E-state index in [4.69, 9.17) is 4.74 Å². The monoisotopic (exact) mass is 351 g/mol. The molecule has 0 N–H and O–H groups in total. The fourth-order valence-corrected chi connectivity index (χ4v) is 5.44. The van der Waals surface area contributed by atoms with E-state index < -0.39 is 16.3 Å². The van der Waals surface area contributed by atoms with Crippen LogP contribution >= 0.6 is 0 Å². The van der Waals surface area contributed by atoms with Gasteiger partial charge in [0, 0.05) is 6.42 Å². The molecular weight excluding hydrogens is 326 g/mol. The number of carbonyl (C=O) groups is 1. The van der Waals surface area contributed by atoms with Gasteiger partial charge < -0.3 is 4.74 Å². The summed E-state index contributed by atoms with van der Waals surface area (Å²) in [5.74, 6) is -0.206. The second-order valence-corrected chi connectivity index (χ2v) is 8.60. The van der Waals surface area contributed by atoms with E-state index in [9.17, 15) is 13.2 Å². The first-order valence-electron chi connectivity index (χ1n) is 8.69. The number of Topliss-reactive ketones (excluding diaryl/α,β-unsaturated/α-hetero) is 1. The molecule has 0 aromatic heterocycles. The van der Waals surface area contributed by atoms with Crippen molar-refractivity contribution in [3.63, 3.8) is 0 Å². The lowest BCUT2D eigenvalue weighted by Gasteiger charge is -2.33. The molecule has 1 aromatic rings. The normalized spacial score (nSPS) is 29.1. The van der Waals surface area contributed by atoms with Gasteiger partial charge in [0.15, 0.2) is 0 Å². The fraction of sp³-hybridized carbons (Fsp3) is 0.611. The summed E-state index contributed by atoms with van der Waals surface area (Å²) >= 11 is 0. The Hall–Kier alpha value is -1.24. The number of ether oxygens (including phenoxy) is 1. The average Bonchev–Trinajstić information content (AvgIpc) is 3.00. The molecule has 0 spiro atoms. The molecule has 2 aliphatic rings. The third-order valence-electron chi connectivity index (χ3n) is 5.08. The van der Waals surface area contributed by atoms with E-state index in [-0.39, 0.29) is 22.6 Å². The Morgan fingerprint density at radius 1 is 1.21 bits per heavy atom. The molecule has 0 amide bonds.